The Bertz CT molecular complexity index is 2040. The normalized spacial score (nSPS) is 17.2. The SMILES string of the molecule is CC[C@@H]1CN(Cc2nc([C@@H](c3ccc4c(nnn4CC)c3C)C(C)(C)C(=O)Cc3cccnc3)sc2C)S(=O)(=O)c2ccccc2O1. The monoisotopic (exact) mass is 672 g/mol. The van der Waals surface area contributed by atoms with Crippen LogP contribution in [0, 0.1) is 19.3 Å². The van der Waals surface area contributed by atoms with Gasteiger partial charge in [0.15, 0.2) is 0 Å². The van der Waals surface area contributed by atoms with E-state index in [0.29, 0.717) is 24.4 Å². The number of aromatic nitrogens is 5. The van der Waals surface area contributed by atoms with E-state index >= 15 is 0 Å². The zero-order chi connectivity index (χ0) is 33.5. The highest BCUT2D eigenvalue weighted by Crippen LogP contribution is 2.46. The number of rotatable bonds is 10. The molecule has 0 unspecified atom stereocenters. The van der Waals surface area contributed by atoms with E-state index < -0.39 is 21.4 Å². The van der Waals surface area contributed by atoms with Gasteiger partial charge in [0, 0.05) is 41.6 Å². The quantitative estimate of drug-likeness (QED) is 0.171. The smallest absolute Gasteiger partial charge is 0.247 e. The third-order valence-corrected chi connectivity index (χ3v) is 12.2. The largest absolute Gasteiger partial charge is 0.488 e. The van der Waals surface area contributed by atoms with Crippen molar-refractivity contribution < 1.29 is 17.9 Å². The van der Waals surface area contributed by atoms with E-state index in [1.807, 2.05) is 64.4 Å². The first kappa shape index (κ1) is 32.9. The summed E-state index contributed by atoms with van der Waals surface area (Å²) in [6.45, 7) is 12.9. The zero-order valence-corrected chi connectivity index (χ0v) is 29.2. The van der Waals surface area contributed by atoms with Crippen molar-refractivity contribution in [1.29, 1.82) is 0 Å². The average Bonchev–Trinajstić information content (AvgIpc) is 3.62. The van der Waals surface area contributed by atoms with Crippen LogP contribution in [0.1, 0.15) is 72.3 Å². The second-order valence-electron chi connectivity index (χ2n) is 12.6. The van der Waals surface area contributed by atoms with Crippen molar-refractivity contribution in [2.45, 2.75) is 84.4 Å². The van der Waals surface area contributed by atoms with Crippen LogP contribution in [0.15, 0.2) is 65.8 Å². The summed E-state index contributed by atoms with van der Waals surface area (Å²) in [6, 6.07) is 14.6. The van der Waals surface area contributed by atoms with Gasteiger partial charge >= 0.3 is 0 Å². The lowest BCUT2D eigenvalue weighted by atomic mass is 9.70. The third-order valence-electron chi connectivity index (χ3n) is 9.23. The van der Waals surface area contributed by atoms with Gasteiger partial charge in [0.25, 0.3) is 0 Å². The highest BCUT2D eigenvalue weighted by molar-refractivity contribution is 7.89. The first-order chi connectivity index (χ1) is 22.4. The topological polar surface area (TPSA) is 120 Å². The molecule has 1 aliphatic rings. The zero-order valence-electron chi connectivity index (χ0n) is 27.6. The lowest BCUT2D eigenvalue weighted by Gasteiger charge is -2.33. The van der Waals surface area contributed by atoms with Gasteiger partial charge in [-0.05, 0) is 68.1 Å². The van der Waals surface area contributed by atoms with Gasteiger partial charge in [-0.3, -0.25) is 9.78 Å². The number of carbonyl (C=O) groups is 1. The molecule has 0 spiro atoms. The van der Waals surface area contributed by atoms with Crippen LogP contribution in [0.5, 0.6) is 5.75 Å². The Labute approximate surface area is 279 Å². The Kier molecular flexibility index (Phi) is 9.03. The molecule has 0 fully saturated rings. The van der Waals surface area contributed by atoms with Crippen molar-refractivity contribution in [2.75, 3.05) is 6.54 Å². The fraction of sp³-hybridized carbons (Fsp3) is 0.400. The van der Waals surface area contributed by atoms with Gasteiger partial charge in [-0.1, -0.05) is 50.3 Å². The molecule has 2 aromatic carbocycles. The van der Waals surface area contributed by atoms with E-state index in [1.54, 1.807) is 36.7 Å². The van der Waals surface area contributed by atoms with Crippen LogP contribution >= 0.6 is 11.3 Å². The average molecular weight is 673 g/mol. The first-order valence-electron chi connectivity index (χ1n) is 15.9. The maximum Gasteiger partial charge on any atom is 0.247 e. The van der Waals surface area contributed by atoms with Gasteiger partial charge in [0.2, 0.25) is 10.0 Å². The summed E-state index contributed by atoms with van der Waals surface area (Å²) >= 11 is 1.51. The van der Waals surface area contributed by atoms with Crippen molar-refractivity contribution in [3.8, 4) is 5.75 Å². The van der Waals surface area contributed by atoms with E-state index in [-0.39, 0.29) is 36.3 Å². The summed E-state index contributed by atoms with van der Waals surface area (Å²) in [5, 5.41) is 9.59. The lowest BCUT2D eigenvalue weighted by molar-refractivity contribution is -0.127. The van der Waals surface area contributed by atoms with Crippen LogP contribution < -0.4 is 4.74 Å². The molecule has 12 heteroatoms. The van der Waals surface area contributed by atoms with Crippen LogP contribution in [-0.2, 0) is 34.3 Å². The maximum atomic E-state index is 14.2. The second-order valence-corrected chi connectivity index (χ2v) is 15.8. The van der Waals surface area contributed by atoms with Crippen molar-refractivity contribution in [3.05, 3.63) is 93.2 Å². The Morgan fingerprint density at radius 1 is 1.11 bits per heavy atom. The Morgan fingerprint density at radius 3 is 2.62 bits per heavy atom. The number of nitrogens with zero attached hydrogens (tertiary/aromatic N) is 6. The van der Waals surface area contributed by atoms with Crippen LogP contribution in [0.3, 0.4) is 0 Å². The first-order valence-corrected chi connectivity index (χ1v) is 18.2. The summed E-state index contributed by atoms with van der Waals surface area (Å²) in [6.07, 6.45) is 4.01. The predicted octanol–water partition coefficient (Wildman–Crippen LogP) is 6.25. The number of pyridine rings is 1. The number of fused-ring (bicyclic) bond motifs is 2. The standard InChI is InChI=1S/C35H40N6O4S2/c1-7-25-20-40(47(43,44)30-14-10-9-13-29(30)45-25)21-27-23(4)46-34(37-27)32(35(5,6)31(42)18-24-12-11-17-36-19-24)26-15-16-28-33(22(26)3)38-39-41(28)8-2/h9-17,19,25,32H,7-8,18,20-21H2,1-6H3/t25-,32-/m1/s1. The summed E-state index contributed by atoms with van der Waals surface area (Å²) in [7, 11) is -3.85. The molecule has 10 nitrogen and oxygen atoms in total. The molecule has 0 saturated heterocycles. The van der Waals surface area contributed by atoms with Crippen molar-refractivity contribution >= 4 is 38.2 Å². The minimum atomic E-state index is -3.85. The van der Waals surface area contributed by atoms with E-state index in [4.69, 9.17) is 9.72 Å². The van der Waals surface area contributed by atoms with Crippen LogP contribution in [0.4, 0.5) is 0 Å². The summed E-state index contributed by atoms with van der Waals surface area (Å²) < 4.78 is 37.3. The molecule has 4 heterocycles. The number of hydrogen-bond donors (Lipinski definition) is 0. The molecule has 0 radical (unpaired) electrons. The number of benzene rings is 2. The number of aryl methyl sites for hydroxylation is 3. The van der Waals surface area contributed by atoms with Gasteiger partial charge in [0.1, 0.15) is 33.1 Å². The highest BCUT2D eigenvalue weighted by Gasteiger charge is 2.42. The minimum Gasteiger partial charge on any atom is -0.488 e. The molecule has 6 rings (SSSR count). The molecular formula is C35H40N6O4S2. The Balaban J connectivity index is 1.43. The molecule has 3 aromatic heterocycles. The molecule has 5 aromatic rings. The number of sulfonamides is 1. The van der Waals surface area contributed by atoms with Gasteiger partial charge in [-0.2, -0.15) is 4.31 Å². The fourth-order valence-electron chi connectivity index (χ4n) is 6.33. The number of ether oxygens (including phenoxy) is 1. The van der Waals surface area contributed by atoms with Gasteiger partial charge in [0.05, 0.1) is 24.3 Å². The number of thiazole rings is 1. The van der Waals surface area contributed by atoms with Crippen molar-refractivity contribution in [1.82, 2.24) is 29.3 Å². The van der Waals surface area contributed by atoms with E-state index in [1.165, 1.54) is 15.6 Å². The predicted molar refractivity (Wildman–Crippen MR) is 182 cm³/mol. The number of para-hydroxylation sites is 1. The highest BCUT2D eigenvalue weighted by atomic mass is 32.2. The van der Waals surface area contributed by atoms with Crippen molar-refractivity contribution in [2.24, 2.45) is 5.41 Å². The number of ketones is 1. The fourth-order valence-corrected chi connectivity index (χ4v) is 9.12. The van der Waals surface area contributed by atoms with Crippen LogP contribution in [0.25, 0.3) is 11.0 Å². The van der Waals surface area contributed by atoms with E-state index in [2.05, 4.69) is 21.4 Å². The molecule has 0 N–H and O–H groups in total. The molecule has 0 saturated carbocycles. The molecule has 0 aliphatic carbocycles. The lowest BCUT2D eigenvalue weighted by Crippen LogP contribution is -2.36. The van der Waals surface area contributed by atoms with Crippen LogP contribution in [0.2, 0.25) is 0 Å². The number of hydrogen-bond acceptors (Lipinski definition) is 9. The van der Waals surface area contributed by atoms with Gasteiger partial charge < -0.3 is 4.74 Å². The van der Waals surface area contributed by atoms with E-state index in [9.17, 15) is 13.2 Å². The summed E-state index contributed by atoms with van der Waals surface area (Å²) in [5.41, 5.74) is 4.24. The number of carbonyl (C=O) groups excluding carboxylic acids is 1. The molecule has 47 heavy (non-hydrogen) atoms. The molecule has 0 amide bonds. The molecule has 2 atom stereocenters. The van der Waals surface area contributed by atoms with Gasteiger partial charge in [-0.25, -0.2) is 18.1 Å². The maximum absolute atomic E-state index is 14.2. The van der Waals surface area contributed by atoms with E-state index in [0.717, 1.165) is 37.6 Å². The summed E-state index contributed by atoms with van der Waals surface area (Å²) in [4.78, 5) is 24.6. The van der Waals surface area contributed by atoms with Crippen LogP contribution in [-0.4, -0.2) is 56.1 Å². The summed E-state index contributed by atoms with van der Waals surface area (Å²) in [5.74, 6) is 0.00194. The molecule has 0 bridgehead atoms. The minimum absolute atomic E-state index is 0.0521. The third kappa shape index (κ3) is 6.10. The molecule has 1 aliphatic heterocycles. The second kappa shape index (κ2) is 12.9. The Hall–Kier alpha value is -4.00. The molecular weight excluding hydrogens is 633 g/mol. The Morgan fingerprint density at radius 2 is 1.89 bits per heavy atom. The number of Topliss-reactive ketones (excluding diaryl/α,β-unsaturated/α-hetero) is 1. The molecule has 246 valence electrons. The van der Waals surface area contributed by atoms with Gasteiger partial charge in [-0.15, -0.1) is 16.4 Å². The van der Waals surface area contributed by atoms with Crippen molar-refractivity contribution in [3.63, 3.8) is 0 Å².